The first-order chi connectivity index (χ1) is 8.19. The lowest BCUT2D eigenvalue weighted by atomic mass is 10.2. The fourth-order valence-electron chi connectivity index (χ4n) is 1.70. The molecular weight excluding hydrogens is 232 g/mol. The van der Waals surface area contributed by atoms with E-state index in [2.05, 4.69) is 41.3 Å². The molecule has 0 aliphatic rings. The third-order valence-corrected chi connectivity index (χ3v) is 3.25. The molecule has 0 fully saturated rings. The minimum absolute atomic E-state index is 0.807. The predicted molar refractivity (Wildman–Crippen MR) is 73.6 cm³/mol. The summed E-state index contributed by atoms with van der Waals surface area (Å²) in [7, 11) is 0. The molecule has 1 aromatic carbocycles. The molecule has 3 heteroatoms. The summed E-state index contributed by atoms with van der Waals surface area (Å²) >= 11 is 6.08. The van der Waals surface area contributed by atoms with E-state index >= 15 is 0 Å². The maximum Gasteiger partial charge on any atom is 0.0455 e. The molecule has 17 heavy (non-hydrogen) atoms. The summed E-state index contributed by atoms with van der Waals surface area (Å²) in [5.41, 5.74) is 3.45. The topological polar surface area (TPSA) is 17.0 Å². The Hall–Kier alpha value is -1.41. The molecular formula is C14H17ClN2. The molecule has 0 atom stereocenters. The van der Waals surface area contributed by atoms with Crippen LogP contribution < -0.4 is 5.32 Å². The summed E-state index contributed by atoms with van der Waals surface area (Å²) < 4.78 is 2.17. The van der Waals surface area contributed by atoms with Gasteiger partial charge in [-0.3, -0.25) is 0 Å². The van der Waals surface area contributed by atoms with Gasteiger partial charge in [0.05, 0.1) is 0 Å². The van der Waals surface area contributed by atoms with Crippen LogP contribution in [0.3, 0.4) is 0 Å². The second-order valence-electron chi connectivity index (χ2n) is 4.17. The number of nitrogens with zero attached hydrogens (tertiary/aromatic N) is 1. The summed E-state index contributed by atoms with van der Waals surface area (Å²) in [6.45, 7) is 5.98. The third-order valence-electron chi connectivity index (χ3n) is 2.85. The first kappa shape index (κ1) is 12.1. The number of nitrogens with one attached hydrogen (secondary N) is 1. The maximum absolute atomic E-state index is 6.08. The van der Waals surface area contributed by atoms with E-state index in [-0.39, 0.29) is 0 Å². The van der Waals surface area contributed by atoms with Crippen LogP contribution in [0.1, 0.15) is 18.1 Å². The molecule has 90 valence electrons. The van der Waals surface area contributed by atoms with Gasteiger partial charge in [0, 0.05) is 36.2 Å². The van der Waals surface area contributed by atoms with Gasteiger partial charge in [-0.1, -0.05) is 17.7 Å². The molecule has 0 spiro atoms. The Kier molecular flexibility index (Phi) is 3.75. The molecule has 0 bridgehead atoms. The smallest absolute Gasteiger partial charge is 0.0455 e. The van der Waals surface area contributed by atoms with Crippen LogP contribution >= 0.6 is 11.6 Å². The van der Waals surface area contributed by atoms with Crippen LogP contribution in [0.25, 0.3) is 0 Å². The number of aromatic nitrogens is 1. The van der Waals surface area contributed by atoms with Crippen molar-refractivity contribution in [1.29, 1.82) is 0 Å². The van der Waals surface area contributed by atoms with E-state index in [1.807, 2.05) is 19.1 Å². The molecule has 1 heterocycles. The minimum atomic E-state index is 0.807. The van der Waals surface area contributed by atoms with Gasteiger partial charge in [-0.05, 0) is 43.2 Å². The van der Waals surface area contributed by atoms with Gasteiger partial charge in [0.25, 0.3) is 0 Å². The van der Waals surface area contributed by atoms with Gasteiger partial charge >= 0.3 is 0 Å². The summed E-state index contributed by atoms with van der Waals surface area (Å²) in [6, 6.07) is 8.18. The standard InChI is InChI=1S/C14H17ClN2/c1-3-17-7-6-12(10-17)9-16-13-5-4-11(2)14(15)8-13/h4-8,10,16H,3,9H2,1-2H3. The van der Waals surface area contributed by atoms with Crippen LogP contribution in [-0.4, -0.2) is 4.57 Å². The van der Waals surface area contributed by atoms with E-state index in [4.69, 9.17) is 11.6 Å². The molecule has 0 saturated carbocycles. The van der Waals surface area contributed by atoms with Crippen molar-refractivity contribution in [3.05, 3.63) is 52.8 Å². The van der Waals surface area contributed by atoms with Crippen LogP contribution in [0, 0.1) is 6.92 Å². The molecule has 2 rings (SSSR count). The fourth-order valence-corrected chi connectivity index (χ4v) is 1.88. The second-order valence-corrected chi connectivity index (χ2v) is 4.57. The van der Waals surface area contributed by atoms with Gasteiger partial charge in [0.1, 0.15) is 0 Å². The molecule has 0 radical (unpaired) electrons. The van der Waals surface area contributed by atoms with Gasteiger partial charge in [-0.15, -0.1) is 0 Å². The van der Waals surface area contributed by atoms with Crippen LogP contribution in [0.5, 0.6) is 0 Å². The number of hydrogen-bond donors (Lipinski definition) is 1. The highest BCUT2D eigenvalue weighted by atomic mass is 35.5. The zero-order chi connectivity index (χ0) is 12.3. The molecule has 2 aromatic rings. The average molecular weight is 249 g/mol. The minimum Gasteiger partial charge on any atom is -0.381 e. The second kappa shape index (κ2) is 5.28. The van der Waals surface area contributed by atoms with E-state index in [1.165, 1.54) is 5.56 Å². The van der Waals surface area contributed by atoms with Crippen molar-refractivity contribution in [2.75, 3.05) is 5.32 Å². The Labute approximate surface area is 107 Å². The summed E-state index contributed by atoms with van der Waals surface area (Å²) in [5, 5.41) is 4.18. The first-order valence-corrected chi connectivity index (χ1v) is 6.21. The van der Waals surface area contributed by atoms with Gasteiger partial charge in [0.15, 0.2) is 0 Å². The zero-order valence-electron chi connectivity index (χ0n) is 10.2. The quantitative estimate of drug-likeness (QED) is 0.863. The Bertz CT molecular complexity index is 503. The molecule has 2 nitrogen and oxygen atoms in total. The Morgan fingerprint density at radius 3 is 2.76 bits per heavy atom. The highest BCUT2D eigenvalue weighted by Crippen LogP contribution is 2.20. The van der Waals surface area contributed by atoms with E-state index < -0.39 is 0 Å². The van der Waals surface area contributed by atoms with E-state index in [1.54, 1.807) is 0 Å². The Morgan fingerprint density at radius 1 is 1.29 bits per heavy atom. The van der Waals surface area contributed by atoms with Gasteiger partial charge in [-0.25, -0.2) is 0 Å². The Morgan fingerprint density at radius 2 is 2.12 bits per heavy atom. The summed E-state index contributed by atoms with van der Waals surface area (Å²) in [6.07, 6.45) is 4.25. The third kappa shape index (κ3) is 3.04. The molecule has 1 N–H and O–H groups in total. The highest BCUT2D eigenvalue weighted by molar-refractivity contribution is 6.31. The van der Waals surface area contributed by atoms with Gasteiger partial charge < -0.3 is 9.88 Å². The predicted octanol–water partition coefficient (Wildman–Crippen LogP) is 4.08. The number of anilines is 1. The van der Waals surface area contributed by atoms with Crippen molar-refractivity contribution >= 4 is 17.3 Å². The summed E-state index contributed by atoms with van der Waals surface area (Å²) in [4.78, 5) is 0. The van der Waals surface area contributed by atoms with E-state index in [0.717, 1.165) is 29.4 Å². The fraction of sp³-hybridized carbons (Fsp3) is 0.286. The lowest BCUT2D eigenvalue weighted by molar-refractivity contribution is 0.766. The zero-order valence-corrected chi connectivity index (χ0v) is 11.0. The number of halogens is 1. The SMILES string of the molecule is CCn1ccc(CNc2ccc(C)c(Cl)c2)c1. The maximum atomic E-state index is 6.08. The highest BCUT2D eigenvalue weighted by Gasteiger charge is 1.99. The number of aryl methyl sites for hydroxylation is 2. The number of hydrogen-bond acceptors (Lipinski definition) is 1. The molecule has 0 amide bonds. The Balaban J connectivity index is 1.99. The van der Waals surface area contributed by atoms with Crippen LogP contribution in [-0.2, 0) is 13.1 Å². The summed E-state index contributed by atoms with van der Waals surface area (Å²) in [5.74, 6) is 0. The molecule has 0 aliphatic carbocycles. The van der Waals surface area contributed by atoms with Crippen LogP contribution in [0.2, 0.25) is 5.02 Å². The number of rotatable bonds is 4. The van der Waals surface area contributed by atoms with E-state index in [9.17, 15) is 0 Å². The first-order valence-electron chi connectivity index (χ1n) is 5.83. The van der Waals surface area contributed by atoms with E-state index in [0.29, 0.717) is 0 Å². The average Bonchev–Trinajstić information content (AvgIpc) is 2.79. The molecule has 0 saturated heterocycles. The monoisotopic (exact) mass is 248 g/mol. The van der Waals surface area contributed by atoms with Crippen molar-refractivity contribution < 1.29 is 0 Å². The largest absolute Gasteiger partial charge is 0.381 e. The van der Waals surface area contributed by atoms with Gasteiger partial charge in [-0.2, -0.15) is 0 Å². The lowest BCUT2D eigenvalue weighted by Crippen LogP contribution is -1.98. The van der Waals surface area contributed by atoms with Gasteiger partial charge in [0.2, 0.25) is 0 Å². The van der Waals surface area contributed by atoms with Crippen molar-refractivity contribution in [3.8, 4) is 0 Å². The molecule has 0 aliphatic heterocycles. The molecule has 0 unspecified atom stereocenters. The van der Waals surface area contributed by atoms with Crippen LogP contribution in [0.4, 0.5) is 5.69 Å². The normalized spacial score (nSPS) is 10.5. The van der Waals surface area contributed by atoms with Crippen molar-refractivity contribution in [3.63, 3.8) is 0 Å². The van der Waals surface area contributed by atoms with Crippen molar-refractivity contribution in [2.24, 2.45) is 0 Å². The lowest BCUT2D eigenvalue weighted by Gasteiger charge is -2.06. The van der Waals surface area contributed by atoms with Crippen molar-refractivity contribution in [2.45, 2.75) is 26.9 Å². The molecule has 1 aromatic heterocycles. The number of benzene rings is 1. The van der Waals surface area contributed by atoms with Crippen molar-refractivity contribution in [1.82, 2.24) is 4.57 Å². The van der Waals surface area contributed by atoms with Crippen LogP contribution in [0.15, 0.2) is 36.7 Å².